The standard InChI is InChI=1S/C22H18FN5O2/c1-24-22(30)19-10-5-14(11-25-19)12-26-21(29)17-3-2-4-20-18(17)13-27-28(20)16-8-6-15(23)7-9-16/h2-11,13H,12H2,1H3,(H,24,30)(H,26,29). The number of nitrogens with one attached hydrogen (secondary N) is 2. The summed E-state index contributed by atoms with van der Waals surface area (Å²) < 4.78 is 14.9. The zero-order valence-corrected chi connectivity index (χ0v) is 16.1. The predicted octanol–water partition coefficient (Wildman–Crippen LogP) is 2.85. The zero-order valence-electron chi connectivity index (χ0n) is 16.1. The molecule has 2 aromatic carbocycles. The Morgan fingerprint density at radius 2 is 1.80 bits per heavy atom. The molecule has 0 aliphatic heterocycles. The van der Waals surface area contributed by atoms with Crippen LogP contribution in [-0.4, -0.2) is 33.6 Å². The maximum absolute atomic E-state index is 13.2. The molecule has 4 aromatic rings. The van der Waals surface area contributed by atoms with Crippen molar-refractivity contribution in [3.63, 3.8) is 0 Å². The van der Waals surface area contributed by atoms with Crippen LogP contribution in [0.15, 0.2) is 67.0 Å². The molecule has 2 amide bonds. The van der Waals surface area contributed by atoms with Gasteiger partial charge in [0.2, 0.25) is 0 Å². The molecule has 0 saturated heterocycles. The molecule has 2 heterocycles. The first kappa shape index (κ1) is 19.3. The molecular weight excluding hydrogens is 385 g/mol. The highest BCUT2D eigenvalue weighted by molar-refractivity contribution is 6.06. The largest absolute Gasteiger partial charge is 0.354 e. The van der Waals surface area contributed by atoms with Crippen molar-refractivity contribution in [1.82, 2.24) is 25.4 Å². The predicted molar refractivity (Wildman–Crippen MR) is 110 cm³/mol. The number of nitrogens with zero attached hydrogens (tertiary/aromatic N) is 3. The van der Waals surface area contributed by atoms with E-state index in [1.165, 1.54) is 19.2 Å². The van der Waals surface area contributed by atoms with E-state index in [1.54, 1.807) is 53.5 Å². The van der Waals surface area contributed by atoms with Crippen LogP contribution in [0.3, 0.4) is 0 Å². The van der Waals surface area contributed by atoms with Gasteiger partial charge in [0.05, 0.1) is 23.0 Å². The van der Waals surface area contributed by atoms with Crippen LogP contribution in [0.2, 0.25) is 0 Å². The minimum atomic E-state index is -0.326. The minimum Gasteiger partial charge on any atom is -0.354 e. The maximum atomic E-state index is 13.2. The topological polar surface area (TPSA) is 88.9 Å². The van der Waals surface area contributed by atoms with Crippen molar-refractivity contribution in [3.8, 4) is 5.69 Å². The fourth-order valence-electron chi connectivity index (χ4n) is 3.11. The quantitative estimate of drug-likeness (QED) is 0.536. The van der Waals surface area contributed by atoms with Crippen molar-refractivity contribution in [2.24, 2.45) is 0 Å². The van der Waals surface area contributed by atoms with E-state index in [4.69, 9.17) is 0 Å². The maximum Gasteiger partial charge on any atom is 0.269 e. The SMILES string of the molecule is CNC(=O)c1ccc(CNC(=O)c2cccc3c2cnn3-c2ccc(F)cc2)cn1. The first-order chi connectivity index (χ1) is 14.6. The number of benzene rings is 2. The minimum absolute atomic E-state index is 0.255. The second kappa shape index (κ2) is 8.12. The second-order valence-corrected chi connectivity index (χ2v) is 6.58. The van der Waals surface area contributed by atoms with Gasteiger partial charge in [-0.25, -0.2) is 9.07 Å². The van der Waals surface area contributed by atoms with Crippen molar-refractivity contribution in [2.45, 2.75) is 6.54 Å². The van der Waals surface area contributed by atoms with Gasteiger partial charge in [-0.2, -0.15) is 5.10 Å². The molecule has 2 aromatic heterocycles. The number of hydrogen-bond acceptors (Lipinski definition) is 4. The summed E-state index contributed by atoms with van der Waals surface area (Å²) >= 11 is 0. The number of pyridine rings is 1. The van der Waals surface area contributed by atoms with Crippen LogP contribution in [0, 0.1) is 5.82 Å². The molecule has 0 bridgehead atoms. The smallest absolute Gasteiger partial charge is 0.269 e. The Labute approximate surface area is 171 Å². The van der Waals surface area contributed by atoms with Gasteiger partial charge in [-0.05, 0) is 48.0 Å². The van der Waals surface area contributed by atoms with E-state index in [0.29, 0.717) is 22.3 Å². The average Bonchev–Trinajstić information content (AvgIpc) is 3.22. The van der Waals surface area contributed by atoms with E-state index >= 15 is 0 Å². The van der Waals surface area contributed by atoms with Crippen LogP contribution in [0.25, 0.3) is 16.6 Å². The van der Waals surface area contributed by atoms with E-state index in [2.05, 4.69) is 20.7 Å². The van der Waals surface area contributed by atoms with Gasteiger partial charge in [0.15, 0.2) is 0 Å². The van der Waals surface area contributed by atoms with Crippen molar-refractivity contribution >= 4 is 22.7 Å². The average molecular weight is 403 g/mol. The molecule has 2 N–H and O–H groups in total. The molecule has 7 nitrogen and oxygen atoms in total. The summed E-state index contributed by atoms with van der Waals surface area (Å²) in [4.78, 5) is 28.4. The van der Waals surface area contributed by atoms with Gasteiger partial charge in [-0.1, -0.05) is 12.1 Å². The number of halogens is 1. The van der Waals surface area contributed by atoms with Gasteiger partial charge < -0.3 is 10.6 Å². The Hall–Kier alpha value is -4.07. The fourth-order valence-corrected chi connectivity index (χ4v) is 3.11. The lowest BCUT2D eigenvalue weighted by atomic mass is 10.1. The van der Waals surface area contributed by atoms with Crippen LogP contribution in [-0.2, 0) is 6.54 Å². The highest BCUT2D eigenvalue weighted by Gasteiger charge is 2.14. The molecule has 0 spiro atoms. The van der Waals surface area contributed by atoms with Gasteiger partial charge in [-0.3, -0.25) is 14.6 Å². The number of rotatable bonds is 5. The monoisotopic (exact) mass is 403 g/mol. The van der Waals surface area contributed by atoms with Gasteiger partial charge in [0.1, 0.15) is 11.5 Å². The molecule has 30 heavy (non-hydrogen) atoms. The summed E-state index contributed by atoms with van der Waals surface area (Å²) in [6.07, 6.45) is 3.17. The molecule has 0 unspecified atom stereocenters. The lowest BCUT2D eigenvalue weighted by molar-refractivity contribution is 0.0945. The van der Waals surface area contributed by atoms with Crippen LogP contribution >= 0.6 is 0 Å². The van der Waals surface area contributed by atoms with Crippen LogP contribution < -0.4 is 10.6 Å². The zero-order chi connectivity index (χ0) is 21.1. The van der Waals surface area contributed by atoms with Gasteiger partial charge >= 0.3 is 0 Å². The summed E-state index contributed by atoms with van der Waals surface area (Å²) in [5.41, 5.74) is 3.00. The molecular formula is C22H18FN5O2. The summed E-state index contributed by atoms with van der Waals surface area (Å²) in [6, 6.07) is 14.7. The van der Waals surface area contributed by atoms with E-state index in [-0.39, 0.29) is 24.2 Å². The second-order valence-electron chi connectivity index (χ2n) is 6.58. The first-order valence-electron chi connectivity index (χ1n) is 9.24. The third-order valence-corrected chi connectivity index (χ3v) is 4.67. The third-order valence-electron chi connectivity index (χ3n) is 4.67. The highest BCUT2D eigenvalue weighted by Crippen LogP contribution is 2.22. The number of amides is 2. The number of hydrogen-bond donors (Lipinski definition) is 2. The Kier molecular flexibility index (Phi) is 5.21. The molecule has 0 atom stereocenters. The summed E-state index contributed by atoms with van der Waals surface area (Å²) in [7, 11) is 1.54. The Balaban J connectivity index is 1.54. The van der Waals surface area contributed by atoms with E-state index in [1.807, 2.05) is 6.07 Å². The number of aromatic nitrogens is 3. The number of fused-ring (bicyclic) bond motifs is 1. The van der Waals surface area contributed by atoms with Gasteiger partial charge in [0.25, 0.3) is 11.8 Å². The van der Waals surface area contributed by atoms with Crippen LogP contribution in [0.4, 0.5) is 4.39 Å². The molecule has 0 saturated carbocycles. The molecule has 0 aliphatic rings. The Morgan fingerprint density at radius 3 is 2.50 bits per heavy atom. The van der Waals surface area contributed by atoms with Crippen molar-refractivity contribution in [3.05, 3.63) is 89.6 Å². The van der Waals surface area contributed by atoms with Crippen molar-refractivity contribution < 1.29 is 14.0 Å². The molecule has 150 valence electrons. The lowest BCUT2D eigenvalue weighted by Crippen LogP contribution is -2.23. The van der Waals surface area contributed by atoms with Crippen molar-refractivity contribution in [1.29, 1.82) is 0 Å². The Bertz CT molecular complexity index is 1220. The third kappa shape index (κ3) is 3.75. The number of carbonyl (C=O) groups is 2. The molecule has 8 heteroatoms. The Morgan fingerprint density at radius 1 is 1.00 bits per heavy atom. The summed E-state index contributed by atoms with van der Waals surface area (Å²) in [5.74, 6) is -0.849. The van der Waals surface area contributed by atoms with E-state index < -0.39 is 0 Å². The number of carbonyl (C=O) groups excluding carboxylic acids is 2. The first-order valence-corrected chi connectivity index (χ1v) is 9.24. The highest BCUT2D eigenvalue weighted by atomic mass is 19.1. The van der Waals surface area contributed by atoms with E-state index in [9.17, 15) is 14.0 Å². The molecule has 0 radical (unpaired) electrons. The van der Waals surface area contributed by atoms with Gasteiger partial charge in [-0.15, -0.1) is 0 Å². The molecule has 0 fully saturated rings. The molecule has 4 rings (SSSR count). The van der Waals surface area contributed by atoms with Crippen molar-refractivity contribution in [2.75, 3.05) is 7.05 Å². The van der Waals surface area contributed by atoms with E-state index in [0.717, 1.165) is 11.1 Å². The van der Waals surface area contributed by atoms with Crippen LogP contribution in [0.1, 0.15) is 26.4 Å². The van der Waals surface area contributed by atoms with Gasteiger partial charge in [0, 0.05) is 25.2 Å². The molecule has 0 aliphatic carbocycles. The van der Waals surface area contributed by atoms with Crippen LogP contribution in [0.5, 0.6) is 0 Å². The normalized spacial score (nSPS) is 10.7. The lowest BCUT2D eigenvalue weighted by Gasteiger charge is -2.08. The fraction of sp³-hybridized carbons (Fsp3) is 0.0909. The summed E-state index contributed by atoms with van der Waals surface area (Å²) in [6.45, 7) is 0.266. The summed E-state index contributed by atoms with van der Waals surface area (Å²) in [5, 5.41) is 10.4.